The lowest BCUT2D eigenvalue weighted by Crippen LogP contribution is -2.26. The lowest BCUT2D eigenvalue weighted by atomic mass is 10.1. The third kappa shape index (κ3) is 4.80. The van der Waals surface area contributed by atoms with E-state index in [9.17, 15) is 23.6 Å². The van der Waals surface area contributed by atoms with Crippen molar-refractivity contribution in [2.45, 2.75) is 13.5 Å². The molecule has 8 nitrogen and oxygen atoms in total. The van der Waals surface area contributed by atoms with Crippen LogP contribution in [0.1, 0.15) is 33.2 Å². The first-order valence-electron chi connectivity index (χ1n) is 9.86. The smallest absolute Gasteiger partial charge is 0.261 e. The van der Waals surface area contributed by atoms with Gasteiger partial charge in [-0.3, -0.25) is 19.2 Å². The molecular weight excluding hydrogens is 465 g/mol. The van der Waals surface area contributed by atoms with Crippen molar-refractivity contribution in [1.29, 1.82) is 0 Å². The van der Waals surface area contributed by atoms with Gasteiger partial charge in [0.25, 0.3) is 5.91 Å². The van der Waals surface area contributed by atoms with E-state index in [1.807, 2.05) is 0 Å². The highest BCUT2D eigenvalue weighted by Gasteiger charge is 2.18. The summed E-state index contributed by atoms with van der Waals surface area (Å²) in [7, 11) is 0. The van der Waals surface area contributed by atoms with Crippen LogP contribution in [0.4, 0.5) is 10.1 Å². The molecule has 1 amide bonds. The molecule has 0 unspecified atom stereocenters. The molecule has 0 aliphatic carbocycles. The van der Waals surface area contributed by atoms with Crippen LogP contribution < -0.4 is 16.3 Å². The Labute approximate surface area is 196 Å². The number of nitrogens with one attached hydrogen (secondary N) is 2. The van der Waals surface area contributed by atoms with E-state index >= 15 is 0 Å². The highest BCUT2D eigenvalue weighted by Crippen LogP contribution is 2.22. The van der Waals surface area contributed by atoms with Crippen LogP contribution in [0.2, 0.25) is 5.02 Å². The van der Waals surface area contributed by atoms with E-state index in [4.69, 9.17) is 11.6 Å². The van der Waals surface area contributed by atoms with Gasteiger partial charge >= 0.3 is 0 Å². The second-order valence-electron chi connectivity index (χ2n) is 7.37. The molecule has 0 bridgehead atoms. The van der Waals surface area contributed by atoms with E-state index in [1.165, 1.54) is 60.2 Å². The summed E-state index contributed by atoms with van der Waals surface area (Å²) in [5.41, 5.74) is -0.233. The maximum atomic E-state index is 14.4. The molecule has 0 fully saturated rings. The van der Waals surface area contributed by atoms with Crippen molar-refractivity contribution in [3.63, 3.8) is 0 Å². The maximum absolute atomic E-state index is 14.4. The van der Waals surface area contributed by atoms with Crippen LogP contribution >= 0.6 is 11.6 Å². The zero-order valence-corrected chi connectivity index (χ0v) is 18.6. The molecule has 0 atom stereocenters. The minimum Gasteiger partial charge on any atom is -0.412 e. The number of pyridine rings is 2. The predicted octanol–water partition coefficient (Wildman–Crippen LogP) is 3.16. The number of rotatable bonds is 5. The normalized spacial score (nSPS) is 10.6. The summed E-state index contributed by atoms with van der Waals surface area (Å²) < 4.78 is 15.9. The third-order valence-electron chi connectivity index (χ3n) is 5.15. The fourth-order valence-electron chi connectivity index (χ4n) is 3.43. The van der Waals surface area contributed by atoms with Crippen LogP contribution in [0.3, 0.4) is 0 Å². The number of nitrogens with zero attached hydrogens (tertiary/aromatic N) is 1. The number of hydrogen-bond donors (Lipinski definition) is 2. The summed E-state index contributed by atoms with van der Waals surface area (Å²) in [6, 6.07) is 13.1. The summed E-state index contributed by atoms with van der Waals surface area (Å²) in [4.78, 5) is 51.7. The predicted molar refractivity (Wildman–Crippen MR) is 127 cm³/mol. The van der Waals surface area contributed by atoms with Crippen molar-refractivity contribution < 1.29 is 19.5 Å². The molecule has 174 valence electrons. The van der Waals surface area contributed by atoms with Crippen molar-refractivity contribution in [2.24, 2.45) is 0 Å². The van der Waals surface area contributed by atoms with Crippen molar-refractivity contribution in [1.82, 2.24) is 9.55 Å². The number of hydrogen-bond acceptors (Lipinski definition) is 4. The molecule has 4 N–H and O–H groups in total. The average Bonchev–Trinajstić information content (AvgIpc) is 2.78. The number of amides is 1. The highest BCUT2D eigenvalue weighted by molar-refractivity contribution is 6.31. The number of anilines is 1. The van der Waals surface area contributed by atoms with E-state index in [-0.39, 0.29) is 39.5 Å². The number of aromatic nitrogens is 2. The Morgan fingerprint density at radius 3 is 2.41 bits per heavy atom. The number of ketones is 1. The molecule has 0 aliphatic heterocycles. The Morgan fingerprint density at radius 2 is 1.76 bits per heavy atom. The second-order valence-corrected chi connectivity index (χ2v) is 7.78. The summed E-state index contributed by atoms with van der Waals surface area (Å²) >= 11 is 6.16. The lowest BCUT2D eigenvalue weighted by Gasteiger charge is -2.15. The van der Waals surface area contributed by atoms with Gasteiger partial charge in [-0.15, -0.1) is 0 Å². The largest absolute Gasteiger partial charge is 0.412 e. The van der Waals surface area contributed by atoms with Gasteiger partial charge in [0.1, 0.15) is 16.9 Å². The summed E-state index contributed by atoms with van der Waals surface area (Å²) in [6.45, 7) is 1.34. The van der Waals surface area contributed by atoms with Crippen molar-refractivity contribution in [2.75, 3.05) is 5.32 Å². The molecule has 4 rings (SSSR count). The first kappa shape index (κ1) is 24.6. The molecule has 10 heteroatoms. The molecule has 34 heavy (non-hydrogen) atoms. The Balaban J connectivity index is 0.00000324. The number of halogens is 2. The van der Waals surface area contributed by atoms with E-state index in [0.717, 1.165) is 0 Å². The highest BCUT2D eigenvalue weighted by atomic mass is 35.5. The van der Waals surface area contributed by atoms with Crippen molar-refractivity contribution in [3.8, 4) is 0 Å². The van der Waals surface area contributed by atoms with Gasteiger partial charge in [0, 0.05) is 34.1 Å². The molecular formula is C24H19ClFN3O5. The number of H-pyrrole nitrogens is 1. The van der Waals surface area contributed by atoms with Gasteiger partial charge in [0.05, 0.1) is 12.1 Å². The lowest BCUT2D eigenvalue weighted by molar-refractivity contribution is 0.101. The first-order valence-corrected chi connectivity index (χ1v) is 10.2. The topological polar surface area (TPSA) is 133 Å². The molecule has 0 radical (unpaired) electrons. The number of carbonyl (C=O) groups excluding carboxylic acids is 2. The van der Waals surface area contributed by atoms with Crippen molar-refractivity contribution >= 4 is 40.0 Å². The monoisotopic (exact) mass is 483 g/mol. The minimum atomic E-state index is -0.726. The fraction of sp³-hybridized carbons (Fsp3) is 0.0833. The maximum Gasteiger partial charge on any atom is 0.261 e. The Hall–Kier alpha value is -4.08. The molecule has 0 spiro atoms. The Morgan fingerprint density at radius 1 is 1.06 bits per heavy atom. The molecule has 0 saturated heterocycles. The SMILES string of the molecule is CC(=O)c1ccc(NC(=O)c2cn(Cc3c(F)cccc3Cl)c3ccc(=O)[nH]c3c2=O)cc1.O. The number of benzene rings is 2. The van der Waals surface area contributed by atoms with Crippen LogP contribution in [0.15, 0.2) is 70.4 Å². The molecule has 0 saturated carbocycles. The average molecular weight is 484 g/mol. The summed E-state index contributed by atoms with van der Waals surface area (Å²) in [5.74, 6) is -1.40. The van der Waals surface area contributed by atoms with E-state index in [2.05, 4.69) is 10.3 Å². The number of fused-ring (bicyclic) bond motifs is 1. The Bertz CT molecular complexity index is 1510. The minimum absolute atomic E-state index is 0. The van der Waals surface area contributed by atoms with E-state index in [0.29, 0.717) is 16.8 Å². The van der Waals surface area contributed by atoms with Crippen LogP contribution in [-0.2, 0) is 6.54 Å². The van der Waals surface area contributed by atoms with Crippen LogP contribution in [0, 0.1) is 5.82 Å². The fourth-order valence-corrected chi connectivity index (χ4v) is 3.65. The third-order valence-corrected chi connectivity index (χ3v) is 5.50. The molecule has 2 heterocycles. The van der Waals surface area contributed by atoms with Crippen LogP contribution in [-0.4, -0.2) is 26.7 Å². The van der Waals surface area contributed by atoms with Gasteiger partial charge in [0.2, 0.25) is 11.0 Å². The first-order chi connectivity index (χ1) is 15.7. The number of carbonyl (C=O) groups is 2. The Kier molecular flexibility index (Phi) is 7.09. The van der Waals surface area contributed by atoms with Gasteiger partial charge in [-0.1, -0.05) is 17.7 Å². The van der Waals surface area contributed by atoms with Gasteiger partial charge in [0.15, 0.2) is 5.78 Å². The van der Waals surface area contributed by atoms with Crippen LogP contribution in [0.25, 0.3) is 11.0 Å². The number of Topliss-reactive ketones (excluding diaryl/α,β-unsaturated/α-hetero) is 1. The zero-order chi connectivity index (χ0) is 23.7. The summed E-state index contributed by atoms with van der Waals surface area (Å²) in [6.07, 6.45) is 1.30. The van der Waals surface area contributed by atoms with Gasteiger partial charge in [-0.2, -0.15) is 0 Å². The van der Waals surface area contributed by atoms with E-state index < -0.39 is 22.7 Å². The molecule has 4 aromatic rings. The molecule has 2 aromatic carbocycles. The van der Waals surface area contributed by atoms with Gasteiger partial charge < -0.3 is 20.3 Å². The summed E-state index contributed by atoms with van der Waals surface area (Å²) in [5, 5.41) is 2.79. The quantitative estimate of drug-likeness (QED) is 0.422. The van der Waals surface area contributed by atoms with Gasteiger partial charge in [-0.05, 0) is 49.4 Å². The standard InChI is InChI=1S/C24H17ClFN3O4.H2O/c1-13(30)14-5-7-15(8-6-14)27-24(33)17-12-29(11-16-18(25)3-2-4-19(16)26)20-9-10-21(31)28-22(20)23(17)32;/h2-10,12H,11H2,1H3,(H,27,33)(H,28,31);1H2. The number of aromatic amines is 1. The second kappa shape index (κ2) is 9.82. The molecule has 0 aliphatic rings. The van der Waals surface area contributed by atoms with Crippen LogP contribution in [0.5, 0.6) is 0 Å². The van der Waals surface area contributed by atoms with E-state index in [1.54, 1.807) is 12.1 Å². The zero-order valence-electron chi connectivity index (χ0n) is 17.8. The van der Waals surface area contributed by atoms with Crippen molar-refractivity contribution in [3.05, 3.63) is 109 Å². The van der Waals surface area contributed by atoms with Gasteiger partial charge in [-0.25, -0.2) is 4.39 Å². The molecule has 2 aromatic heterocycles.